The average Bonchev–Trinajstić information content (AvgIpc) is 3.01. The van der Waals surface area contributed by atoms with Crippen molar-refractivity contribution < 1.29 is 9.18 Å². The Hall–Kier alpha value is -1.78. The zero-order valence-corrected chi connectivity index (χ0v) is 15.5. The topological polar surface area (TPSA) is 32.3 Å². The molecule has 25 heavy (non-hydrogen) atoms. The van der Waals surface area contributed by atoms with Crippen LogP contribution < -0.4 is 5.32 Å². The molecule has 1 aliphatic rings. The lowest BCUT2D eigenvalue weighted by atomic mass is 10.1. The summed E-state index contributed by atoms with van der Waals surface area (Å²) in [4.78, 5) is 14.3. The summed E-state index contributed by atoms with van der Waals surface area (Å²) in [5, 5.41) is 3.18. The molecule has 2 atom stereocenters. The van der Waals surface area contributed by atoms with E-state index in [1.165, 1.54) is 23.3 Å². The van der Waals surface area contributed by atoms with Gasteiger partial charge in [-0.25, -0.2) is 9.18 Å². The van der Waals surface area contributed by atoms with Crippen molar-refractivity contribution in [2.75, 3.05) is 7.05 Å². The molecule has 6 heteroatoms. The Balaban J connectivity index is 1.73. The third-order valence-electron chi connectivity index (χ3n) is 4.74. The van der Waals surface area contributed by atoms with Crippen molar-refractivity contribution in [2.24, 2.45) is 0 Å². The van der Waals surface area contributed by atoms with Gasteiger partial charge in [-0.3, -0.25) is 0 Å². The van der Waals surface area contributed by atoms with E-state index in [0.717, 1.165) is 12.8 Å². The highest BCUT2D eigenvalue weighted by molar-refractivity contribution is 6.35. The summed E-state index contributed by atoms with van der Waals surface area (Å²) >= 11 is 11.9. The largest absolute Gasteiger partial charge is 0.331 e. The van der Waals surface area contributed by atoms with Gasteiger partial charge in [0.25, 0.3) is 0 Å². The summed E-state index contributed by atoms with van der Waals surface area (Å²) in [6.07, 6.45) is 1.86. The Bertz CT molecular complexity index is 812. The van der Waals surface area contributed by atoms with Crippen molar-refractivity contribution in [1.29, 1.82) is 0 Å². The number of aryl methyl sites for hydroxylation is 1. The van der Waals surface area contributed by atoms with Crippen LogP contribution in [0.1, 0.15) is 42.1 Å². The fourth-order valence-corrected chi connectivity index (χ4v) is 3.86. The van der Waals surface area contributed by atoms with Gasteiger partial charge in [0.1, 0.15) is 5.82 Å². The zero-order valence-electron chi connectivity index (χ0n) is 14.0. The normalized spacial score (nSPS) is 17.1. The minimum atomic E-state index is -0.555. The maximum Gasteiger partial charge on any atom is 0.318 e. The summed E-state index contributed by atoms with van der Waals surface area (Å²) < 4.78 is 13.7. The zero-order chi connectivity index (χ0) is 18.1. The number of hydrogen-bond donors (Lipinski definition) is 1. The Morgan fingerprint density at radius 1 is 1.28 bits per heavy atom. The van der Waals surface area contributed by atoms with E-state index in [4.69, 9.17) is 23.2 Å². The van der Waals surface area contributed by atoms with Gasteiger partial charge < -0.3 is 10.2 Å². The maximum atomic E-state index is 13.7. The first-order chi connectivity index (χ1) is 11.9. The number of amides is 2. The Kier molecular flexibility index (Phi) is 5.21. The van der Waals surface area contributed by atoms with Gasteiger partial charge in [-0.15, -0.1) is 0 Å². The lowest BCUT2D eigenvalue weighted by Gasteiger charge is -2.28. The number of halogens is 3. The Morgan fingerprint density at radius 2 is 2.00 bits per heavy atom. The first-order valence-electron chi connectivity index (χ1n) is 8.14. The van der Waals surface area contributed by atoms with Crippen molar-refractivity contribution >= 4 is 29.2 Å². The third-order valence-corrected chi connectivity index (χ3v) is 5.35. The van der Waals surface area contributed by atoms with E-state index in [2.05, 4.69) is 17.4 Å². The van der Waals surface area contributed by atoms with E-state index >= 15 is 0 Å². The lowest BCUT2D eigenvalue weighted by Crippen LogP contribution is -2.40. The number of hydrogen-bond acceptors (Lipinski definition) is 1. The van der Waals surface area contributed by atoms with Gasteiger partial charge in [0, 0.05) is 12.1 Å². The first kappa shape index (κ1) is 18.0. The van der Waals surface area contributed by atoms with Crippen LogP contribution in [0.15, 0.2) is 36.4 Å². The molecule has 0 saturated carbocycles. The van der Waals surface area contributed by atoms with E-state index < -0.39 is 11.9 Å². The van der Waals surface area contributed by atoms with Crippen LogP contribution in [0.3, 0.4) is 0 Å². The predicted molar refractivity (Wildman–Crippen MR) is 98.6 cm³/mol. The molecule has 0 heterocycles. The smallest absolute Gasteiger partial charge is 0.318 e. The summed E-state index contributed by atoms with van der Waals surface area (Å²) in [6, 6.07) is 10.2. The molecule has 132 valence electrons. The molecule has 2 aromatic rings. The second kappa shape index (κ2) is 7.22. The van der Waals surface area contributed by atoms with E-state index in [-0.39, 0.29) is 17.1 Å². The number of nitrogens with one attached hydrogen (secondary N) is 1. The second-order valence-electron chi connectivity index (χ2n) is 6.32. The molecule has 1 aliphatic carbocycles. The van der Waals surface area contributed by atoms with E-state index in [1.54, 1.807) is 18.9 Å². The molecule has 0 bridgehead atoms. The number of rotatable bonds is 3. The molecule has 3 rings (SSSR count). The first-order valence-corrected chi connectivity index (χ1v) is 8.89. The predicted octanol–water partition coefficient (Wildman–Crippen LogP) is 5.52. The van der Waals surface area contributed by atoms with Crippen LogP contribution in [0, 0.1) is 5.82 Å². The molecule has 0 radical (unpaired) electrons. The molecule has 0 aliphatic heterocycles. The molecule has 2 amide bonds. The van der Waals surface area contributed by atoms with Gasteiger partial charge in [0.2, 0.25) is 0 Å². The average molecular weight is 381 g/mol. The van der Waals surface area contributed by atoms with E-state index in [0.29, 0.717) is 10.6 Å². The van der Waals surface area contributed by atoms with Crippen molar-refractivity contribution in [3.8, 4) is 0 Å². The molecule has 1 N–H and O–H groups in total. The van der Waals surface area contributed by atoms with Crippen LogP contribution in [0.2, 0.25) is 10.0 Å². The Labute approximate surface area is 156 Å². The number of urea groups is 1. The van der Waals surface area contributed by atoms with Crippen LogP contribution in [0.25, 0.3) is 0 Å². The second-order valence-corrected chi connectivity index (χ2v) is 7.14. The van der Waals surface area contributed by atoms with Gasteiger partial charge in [0.05, 0.1) is 17.1 Å². The lowest BCUT2D eigenvalue weighted by molar-refractivity contribution is 0.187. The van der Waals surface area contributed by atoms with E-state index in [1.807, 2.05) is 12.1 Å². The van der Waals surface area contributed by atoms with E-state index in [9.17, 15) is 9.18 Å². The molecule has 0 fully saturated rings. The van der Waals surface area contributed by atoms with Gasteiger partial charge in [0.15, 0.2) is 0 Å². The minimum Gasteiger partial charge on any atom is -0.331 e. The summed E-state index contributed by atoms with van der Waals surface area (Å²) in [6.45, 7) is 1.77. The van der Waals surface area contributed by atoms with Crippen molar-refractivity contribution in [2.45, 2.75) is 31.8 Å². The molecular weight excluding hydrogens is 362 g/mol. The van der Waals surface area contributed by atoms with Crippen molar-refractivity contribution in [1.82, 2.24) is 10.2 Å². The maximum absolute atomic E-state index is 13.7. The number of carbonyl (C=O) groups is 1. The number of nitrogens with zero attached hydrogens (tertiary/aromatic N) is 1. The van der Waals surface area contributed by atoms with Crippen molar-refractivity contribution in [3.63, 3.8) is 0 Å². The van der Waals surface area contributed by atoms with Crippen LogP contribution in [0.5, 0.6) is 0 Å². The molecular formula is C19H19Cl2FN2O. The van der Waals surface area contributed by atoms with Crippen LogP contribution in [0.4, 0.5) is 9.18 Å². The number of carbonyl (C=O) groups excluding carboxylic acids is 1. The number of benzene rings is 2. The highest BCUT2D eigenvalue weighted by atomic mass is 35.5. The summed E-state index contributed by atoms with van der Waals surface area (Å²) in [7, 11) is 1.78. The molecule has 2 unspecified atom stereocenters. The molecule has 2 aromatic carbocycles. The Morgan fingerprint density at radius 3 is 2.76 bits per heavy atom. The van der Waals surface area contributed by atoms with Crippen LogP contribution >= 0.6 is 23.2 Å². The van der Waals surface area contributed by atoms with Gasteiger partial charge >= 0.3 is 6.03 Å². The van der Waals surface area contributed by atoms with Gasteiger partial charge in [-0.1, -0.05) is 47.5 Å². The third kappa shape index (κ3) is 3.60. The fourth-order valence-electron chi connectivity index (χ4n) is 3.31. The van der Waals surface area contributed by atoms with Crippen molar-refractivity contribution in [3.05, 3.63) is 69.0 Å². The SMILES string of the molecule is CC(NC(=O)N(C)C1CCc2ccccc21)c1cc(F)c(Cl)cc1Cl. The van der Waals surface area contributed by atoms with Gasteiger partial charge in [-0.05, 0) is 48.6 Å². The highest BCUT2D eigenvalue weighted by Gasteiger charge is 2.29. The number of fused-ring (bicyclic) bond motifs is 1. The summed E-state index contributed by atoms with van der Waals surface area (Å²) in [5.41, 5.74) is 2.96. The van der Waals surface area contributed by atoms with Gasteiger partial charge in [-0.2, -0.15) is 0 Å². The molecule has 3 nitrogen and oxygen atoms in total. The quantitative estimate of drug-likeness (QED) is 0.698. The van der Waals surface area contributed by atoms with Crippen LogP contribution in [-0.2, 0) is 6.42 Å². The van der Waals surface area contributed by atoms with Crippen LogP contribution in [-0.4, -0.2) is 18.0 Å². The standard InChI is InChI=1S/C19H19Cl2FN2O/c1-11(14-9-17(22)16(21)10-15(14)20)23-19(25)24(2)18-8-7-12-5-3-4-6-13(12)18/h3-6,9-11,18H,7-8H2,1-2H3,(H,23,25). The molecule has 0 saturated heterocycles. The molecule has 0 aromatic heterocycles. The highest BCUT2D eigenvalue weighted by Crippen LogP contribution is 2.35. The fraction of sp³-hybridized carbons (Fsp3) is 0.316. The molecule has 0 spiro atoms. The monoisotopic (exact) mass is 380 g/mol. The summed E-state index contributed by atoms with van der Waals surface area (Å²) in [5.74, 6) is -0.555. The minimum absolute atomic E-state index is 0.0352.